The largest absolute Gasteiger partial charge is 0.388 e. The van der Waals surface area contributed by atoms with Gasteiger partial charge in [-0.25, -0.2) is 0 Å². The number of rotatable bonds is 0. The van der Waals surface area contributed by atoms with Gasteiger partial charge in [0.25, 0.3) is 0 Å². The molecule has 1 heterocycles. The van der Waals surface area contributed by atoms with Crippen LogP contribution in [0.2, 0.25) is 5.02 Å². The van der Waals surface area contributed by atoms with E-state index in [9.17, 15) is 9.90 Å². The molecule has 2 rings (SSSR count). The normalized spacial score (nSPS) is 20.8. The molecule has 1 atom stereocenters. The van der Waals surface area contributed by atoms with Crippen molar-refractivity contribution < 1.29 is 9.90 Å². The molecule has 68 valence electrons. The molecule has 1 amide bonds. The van der Waals surface area contributed by atoms with Crippen LogP contribution in [-0.2, 0) is 4.79 Å². The summed E-state index contributed by atoms with van der Waals surface area (Å²) in [5.74, 6) is -0.165. The molecule has 0 saturated carbocycles. The van der Waals surface area contributed by atoms with Gasteiger partial charge in [-0.15, -0.1) is 0 Å². The van der Waals surface area contributed by atoms with Crippen molar-refractivity contribution >= 4 is 23.2 Å². The van der Waals surface area contributed by atoms with Gasteiger partial charge in [-0.2, -0.15) is 0 Å². The molecular weight excluding hydrogens is 190 g/mol. The maximum atomic E-state index is 11.0. The maximum Gasteiger partial charge on any atom is 0.227 e. The number of anilines is 1. The lowest BCUT2D eigenvalue weighted by molar-refractivity contribution is -0.118. The number of aliphatic hydroxyl groups excluding tert-OH is 1. The SMILES string of the molecule is O=C1CC(O)c2cc(Cl)ccc2N1. The fourth-order valence-corrected chi connectivity index (χ4v) is 1.59. The Labute approximate surface area is 80.3 Å². The summed E-state index contributed by atoms with van der Waals surface area (Å²) >= 11 is 5.75. The van der Waals surface area contributed by atoms with Crippen molar-refractivity contribution in [2.45, 2.75) is 12.5 Å². The lowest BCUT2D eigenvalue weighted by atomic mass is 10.0. The van der Waals surface area contributed by atoms with Gasteiger partial charge >= 0.3 is 0 Å². The first kappa shape index (κ1) is 8.53. The van der Waals surface area contributed by atoms with Crippen molar-refractivity contribution in [3.8, 4) is 0 Å². The van der Waals surface area contributed by atoms with Gasteiger partial charge in [0.2, 0.25) is 5.91 Å². The Morgan fingerprint density at radius 1 is 1.54 bits per heavy atom. The van der Waals surface area contributed by atoms with Gasteiger partial charge in [0, 0.05) is 16.3 Å². The van der Waals surface area contributed by atoms with E-state index in [-0.39, 0.29) is 12.3 Å². The number of amides is 1. The van der Waals surface area contributed by atoms with Crippen LogP contribution in [0.3, 0.4) is 0 Å². The molecule has 0 radical (unpaired) electrons. The minimum absolute atomic E-state index is 0.105. The van der Waals surface area contributed by atoms with Crippen LogP contribution in [0.4, 0.5) is 5.69 Å². The van der Waals surface area contributed by atoms with E-state index in [1.165, 1.54) is 0 Å². The van der Waals surface area contributed by atoms with E-state index in [1.807, 2.05) is 0 Å². The number of hydrogen-bond acceptors (Lipinski definition) is 2. The number of aliphatic hydroxyl groups is 1. The molecule has 0 aromatic heterocycles. The summed E-state index contributed by atoms with van der Waals surface area (Å²) in [6.45, 7) is 0. The first-order valence-electron chi connectivity index (χ1n) is 3.94. The smallest absolute Gasteiger partial charge is 0.227 e. The predicted molar refractivity (Wildman–Crippen MR) is 49.7 cm³/mol. The molecule has 0 bridgehead atoms. The molecule has 0 fully saturated rings. The Morgan fingerprint density at radius 2 is 2.31 bits per heavy atom. The lowest BCUT2D eigenvalue weighted by Gasteiger charge is -2.21. The average Bonchev–Trinajstić information content (AvgIpc) is 2.06. The number of carbonyl (C=O) groups is 1. The molecule has 1 aromatic rings. The number of halogens is 1. The highest BCUT2D eigenvalue weighted by Crippen LogP contribution is 2.31. The van der Waals surface area contributed by atoms with E-state index in [0.29, 0.717) is 16.3 Å². The zero-order valence-electron chi connectivity index (χ0n) is 6.75. The third-order valence-corrected chi connectivity index (χ3v) is 2.26. The summed E-state index contributed by atoms with van der Waals surface area (Å²) in [6.07, 6.45) is -0.629. The highest BCUT2D eigenvalue weighted by Gasteiger charge is 2.22. The molecule has 2 N–H and O–H groups in total. The molecule has 3 nitrogen and oxygen atoms in total. The van der Waals surface area contributed by atoms with E-state index >= 15 is 0 Å². The summed E-state index contributed by atoms with van der Waals surface area (Å²) < 4.78 is 0. The third-order valence-electron chi connectivity index (χ3n) is 2.03. The van der Waals surface area contributed by atoms with Crippen molar-refractivity contribution in [1.82, 2.24) is 0 Å². The van der Waals surface area contributed by atoms with Crippen LogP contribution in [0, 0.1) is 0 Å². The predicted octanol–water partition coefficient (Wildman–Crippen LogP) is 1.72. The second-order valence-electron chi connectivity index (χ2n) is 3.00. The van der Waals surface area contributed by atoms with E-state index in [2.05, 4.69) is 5.32 Å². The third kappa shape index (κ3) is 1.53. The number of nitrogens with one attached hydrogen (secondary N) is 1. The first-order chi connectivity index (χ1) is 6.16. The van der Waals surface area contributed by atoms with Crippen LogP contribution < -0.4 is 5.32 Å². The van der Waals surface area contributed by atoms with E-state index in [0.717, 1.165) is 0 Å². The molecule has 1 unspecified atom stereocenters. The van der Waals surface area contributed by atoms with Gasteiger partial charge < -0.3 is 10.4 Å². The number of benzene rings is 1. The van der Waals surface area contributed by atoms with E-state index in [1.54, 1.807) is 18.2 Å². The molecule has 4 heteroatoms. The minimum atomic E-state index is -0.734. The molecular formula is C9H8ClNO2. The number of carbonyl (C=O) groups excluding carboxylic acids is 1. The van der Waals surface area contributed by atoms with Gasteiger partial charge in [-0.1, -0.05) is 11.6 Å². The van der Waals surface area contributed by atoms with Gasteiger partial charge in [-0.3, -0.25) is 4.79 Å². The monoisotopic (exact) mass is 197 g/mol. The second kappa shape index (κ2) is 3.01. The van der Waals surface area contributed by atoms with Gasteiger partial charge in [0.05, 0.1) is 12.5 Å². The van der Waals surface area contributed by atoms with Crippen molar-refractivity contribution in [2.24, 2.45) is 0 Å². The van der Waals surface area contributed by atoms with E-state index < -0.39 is 6.10 Å². The Balaban J connectivity index is 2.49. The van der Waals surface area contributed by atoms with Crippen molar-refractivity contribution in [1.29, 1.82) is 0 Å². The Kier molecular flexibility index (Phi) is 1.98. The van der Waals surface area contributed by atoms with Crippen molar-refractivity contribution in [3.63, 3.8) is 0 Å². The van der Waals surface area contributed by atoms with Crippen LogP contribution in [0.5, 0.6) is 0 Å². The van der Waals surface area contributed by atoms with Gasteiger partial charge in [-0.05, 0) is 18.2 Å². The van der Waals surface area contributed by atoms with Gasteiger partial charge in [0.1, 0.15) is 0 Å². The highest BCUT2D eigenvalue weighted by molar-refractivity contribution is 6.30. The standard InChI is InChI=1S/C9H8ClNO2/c10-5-1-2-7-6(3-5)8(12)4-9(13)11-7/h1-3,8,12H,4H2,(H,11,13). The lowest BCUT2D eigenvalue weighted by Crippen LogP contribution is -2.22. The second-order valence-corrected chi connectivity index (χ2v) is 3.44. The fourth-order valence-electron chi connectivity index (χ4n) is 1.41. The number of hydrogen-bond donors (Lipinski definition) is 2. The molecule has 0 spiro atoms. The van der Waals surface area contributed by atoms with Crippen LogP contribution in [0.25, 0.3) is 0 Å². The van der Waals surface area contributed by atoms with Gasteiger partial charge in [0.15, 0.2) is 0 Å². The summed E-state index contributed by atoms with van der Waals surface area (Å²) in [6, 6.07) is 5.04. The molecule has 13 heavy (non-hydrogen) atoms. The molecule has 1 aromatic carbocycles. The minimum Gasteiger partial charge on any atom is -0.388 e. The Bertz CT molecular complexity index is 365. The average molecular weight is 198 g/mol. The summed E-state index contributed by atoms with van der Waals surface area (Å²) in [5, 5.41) is 12.8. The zero-order chi connectivity index (χ0) is 9.42. The van der Waals surface area contributed by atoms with Crippen molar-refractivity contribution in [3.05, 3.63) is 28.8 Å². The summed E-state index contributed by atoms with van der Waals surface area (Å²) in [5.41, 5.74) is 1.33. The first-order valence-corrected chi connectivity index (χ1v) is 4.32. The van der Waals surface area contributed by atoms with Crippen molar-refractivity contribution in [2.75, 3.05) is 5.32 Å². The molecule has 0 saturated heterocycles. The van der Waals surface area contributed by atoms with E-state index in [4.69, 9.17) is 11.6 Å². The van der Waals surface area contributed by atoms with Crippen LogP contribution >= 0.6 is 11.6 Å². The molecule has 1 aliphatic rings. The topological polar surface area (TPSA) is 49.3 Å². The summed E-state index contributed by atoms with van der Waals surface area (Å²) in [7, 11) is 0. The Hall–Kier alpha value is -1.06. The maximum absolute atomic E-state index is 11.0. The summed E-state index contributed by atoms with van der Waals surface area (Å²) in [4.78, 5) is 11.0. The van der Waals surface area contributed by atoms with Crippen LogP contribution in [-0.4, -0.2) is 11.0 Å². The quantitative estimate of drug-likeness (QED) is 0.665. The number of fused-ring (bicyclic) bond motifs is 1. The molecule has 0 aliphatic carbocycles. The molecule has 1 aliphatic heterocycles. The van der Waals surface area contributed by atoms with Crippen LogP contribution in [0.15, 0.2) is 18.2 Å². The Morgan fingerprint density at radius 3 is 3.08 bits per heavy atom. The highest BCUT2D eigenvalue weighted by atomic mass is 35.5. The fraction of sp³-hybridized carbons (Fsp3) is 0.222. The van der Waals surface area contributed by atoms with Crippen LogP contribution in [0.1, 0.15) is 18.1 Å². The zero-order valence-corrected chi connectivity index (χ0v) is 7.51.